The van der Waals surface area contributed by atoms with Crippen LogP contribution in [-0.2, 0) is 6.42 Å². The maximum Gasteiger partial charge on any atom is 0.272 e. The molecule has 4 nitrogen and oxygen atoms in total. The van der Waals surface area contributed by atoms with Crippen LogP contribution in [0.4, 0.5) is 5.69 Å². The van der Waals surface area contributed by atoms with Crippen LogP contribution >= 0.6 is 11.3 Å². The monoisotopic (exact) mass is 275 g/mol. The van der Waals surface area contributed by atoms with E-state index in [0.29, 0.717) is 5.69 Å². The number of thiophene rings is 1. The topological polar surface area (TPSA) is 45.2 Å². The predicted octanol–water partition coefficient (Wildman–Crippen LogP) is 2.50. The SMILES string of the molecule is CN(C)C(=O)c1cc(NCCc2cccs2)ccn1. The maximum absolute atomic E-state index is 11.8. The van der Waals surface area contributed by atoms with E-state index in [1.165, 1.54) is 9.78 Å². The van der Waals surface area contributed by atoms with Crippen molar-refractivity contribution in [1.29, 1.82) is 0 Å². The average molecular weight is 275 g/mol. The van der Waals surface area contributed by atoms with Crippen molar-refractivity contribution in [1.82, 2.24) is 9.88 Å². The maximum atomic E-state index is 11.8. The molecule has 2 heterocycles. The van der Waals surface area contributed by atoms with E-state index in [2.05, 4.69) is 27.8 Å². The van der Waals surface area contributed by atoms with Crippen molar-refractivity contribution in [3.8, 4) is 0 Å². The van der Waals surface area contributed by atoms with Gasteiger partial charge in [-0.15, -0.1) is 11.3 Å². The van der Waals surface area contributed by atoms with Crippen LogP contribution < -0.4 is 5.32 Å². The third kappa shape index (κ3) is 3.79. The molecule has 0 saturated carbocycles. The lowest BCUT2D eigenvalue weighted by molar-refractivity contribution is 0.0822. The predicted molar refractivity (Wildman–Crippen MR) is 78.8 cm³/mol. The van der Waals surface area contributed by atoms with Gasteiger partial charge >= 0.3 is 0 Å². The standard InChI is InChI=1S/C14H17N3OS/c1-17(2)14(18)13-10-11(5-7-16-13)15-8-6-12-4-3-9-19-12/h3-5,7,9-10H,6,8H2,1-2H3,(H,15,16). The van der Waals surface area contributed by atoms with Gasteiger partial charge in [0.15, 0.2) is 0 Å². The first-order chi connectivity index (χ1) is 9.16. The summed E-state index contributed by atoms with van der Waals surface area (Å²) in [6, 6.07) is 7.85. The van der Waals surface area contributed by atoms with Gasteiger partial charge in [0, 0.05) is 37.4 Å². The number of carbonyl (C=O) groups excluding carboxylic acids is 1. The first kappa shape index (κ1) is 13.5. The third-order valence-corrected chi connectivity index (χ3v) is 3.60. The molecule has 0 aliphatic carbocycles. The van der Waals surface area contributed by atoms with Crippen LogP contribution in [0.3, 0.4) is 0 Å². The first-order valence-electron chi connectivity index (χ1n) is 6.11. The summed E-state index contributed by atoms with van der Waals surface area (Å²) < 4.78 is 0. The highest BCUT2D eigenvalue weighted by atomic mass is 32.1. The van der Waals surface area contributed by atoms with Gasteiger partial charge in [-0.05, 0) is 30.0 Å². The summed E-state index contributed by atoms with van der Waals surface area (Å²) in [5, 5.41) is 5.39. The number of hydrogen-bond acceptors (Lipinski definition) is 4. The fraction of sp³-hybridized carbons (Fsp3) is 0.286. The van der Waals surface area contributed by atoms with E-state index >= 15 is 0 Å². The van der Waals surface area contributed by atoms with Gasteiger partial charge in [0.2, 0.25) is 0 Å². The summed E-state index contributed by atoms with van der Waals surface area (Å²) in [4.78, 5) is 18.8. The fourth-order valence-corrected chi connectivity index (χ4v) is 2.38. The molecule has 5 heteroatoms. The number of carbonyl (C=O) groups is 1. The second kappa shape index (κ2) is 6.33. The molecule has 2 aromatic rings. The Bertz CT molecular complexity index is 537. The lowest BCUT2D eigenvalue weighted by Gasteiger charge is -2.11. The third-order valence-electron chi connectivity index (χ3n) is 2.67. The zero-order valence-corrected chi connectivity index (χ0v) is 11.9. The summed E-state index contributed by atoms with van der Waals surface area (Å²) >= 11 is 1.76. The molecular formula is C14H17N3OS. The lowest BCUT2D eigenvalue weighted by atomic mass is 10.2. The Kier molecular flexibility index (Phi) is 4.52. The van der Waals surface area contributed by atoms with Gasteiger partial charge in [-0.3, -0.25) is 9.78 Å². The largest absolute Gasteiger partial charge is 0.385 e. The molecule has 100 valence electrons. The summed E-state index contributed by atoms with van der Waals surface area (Å²) in [6.45, 7) is 0.847. The Morgan fingerprint density at radius 3 is 2.95 bits per heavy atom. The van der Waals surface area contributed by atoms with Crippen molar-refractivity contribution in [3.63, 3.8) is 0 Å². The number of pyridine rings is 1. The number of hydrogen-bond donors (Lipinski definition) is 1. The van der Waals surface area contributed by atoms with Crippen LogP contribution in [0.1, 0.15) is 15.4 Å². The number of amides is 1. The van der Waals surface area contributed by atoms with Crippen molar-refractivity contribution in [2.24, 2.45) is 0 Å². The molecule has 0 spiro atoms. The van der Waals surface area contributed by atoms with Crippen LogP contribution in [0, 0.1) is 0 Å². The lowest BCUT2D eigenvalue weighted by Crippen LogP contribution is -2.22. The van der Waals surface area contributed by atoms with Crippen molar-refractivity contribution in [2.45, 2.75) is 6.42 Å². The molecule has 2 rings (SSSR count). The molecule has 0 unspecified atom stereocenters. The van der Waals surface area contributed by atoms with Gasteiger partial charge < -0.3 is 10.2 Å². The Labute approximate surface area is 117 Å². The van der Waals surface area contributed by atoms with Gasteiger partial charge in [-0.1, -0.05) is 6.07 Å². The fourth-order valence-electron chi connectivity index (χ4n) is 1.67. The van der Waals surface area contributed by atoms with Crippen LogP contribution in [-0.4, -0.2) is 36.4 Å². The number of nitrogens with zero attached hydrogens (tertiary/aromatic N) is 2. The highest BCUT2D eigenvalue weighted by Crippen LogP contribution is 2.12. The minimum Gasteiger partial charge on any atom is -0.385 e. The van der Waals surface area contributed by atoms with E-state index in [1.807, 2.05) is 6.07 Å². The highest BCUT2D eigenvalue weighted by Gasteiger charge is 2.09. The molecule has 2 aromatic heterocycles. The average Bonchev–Trinajstić information content (AvgIpc) is 2.91. The van der Waals surface area contributed by atoms with Crippen molar-refractivity contribution in [3.05, 3.63) is 46.4 Å². The molecular weight excluding hydrogens is 258 g/mol. The van der Waals surface area contributed by atoms with Crippen LogP contribution in [0.2, 0.25) is 0 Å². The van der Waals surface area contributed by atoms with Crippen LogP contribution in [0.25, 0.3) is 0 Å². The zero-order chi connectivity index (χ0) is 13.7. The molecule has 0 aliphatic rings. The molecule has 0 saturated heterocycles. The van der Waals surface area contributed by atoms with Crippen molar-refractivity contribution in [2.75, 3.05) is 26.0 Å². The molecule has 1 amide bonds. The zero-order valence-electron chi connectivity index (χ0n) is 11.1. The molecule has 0 radical (unpaired) electrons. The molecule has 0 bridgehead atoms. The molecule has 0 atom stereocenters. The van der Waals surface area contributed by atoms with E-state index in [1.54, 1.807) is 37.7 Å². The van der Waals surface area contributed by atoms with E-state index in [-0.39, 0.29) is 5.91 Å². The number of nitrogens with one attached hydrogen (secondary N) is 1. The molecule has 1 N–H and O–H groups in total. The Morgan fingerprint density at radius 2 is 2.26 bits per heavy atom. The van der Waals surface area contributed by atoms with Crippen molar-refractivity contribution < 1.29 is 4.79 Å². The minimum atomic E-state index is -0.0816. The molecule has 0 aliphatic heterocycles. The Morgan fingerprint density at radius 1 is 1.42 bits per heavy atom. The Hall–Kier alpha value is -1.88. The summed E-state index contributed by atoms with van der Waals surface area (Å²) in [7, 11) is 3.45. The van der Waals surface area contributed by atoms with E-state index < -0.39 is 0 Å². The van der Waals surface area contributed by atoms with E-state index in [0.717, 1.165) is 18.7 Å². The van der Waals surface area contributed by atoms with Crippen molar-refractivity contribution >= 4 is 22.9 Å². The summed E-state index contributed by atoms with van der Waals surface area (Å²) in [5.74, 6) is -0.0816. The smallest absolute Gasteiger partial charge is 0.272 e. The second-order valence-electron chi connectivity index (χ2n) is 4.39. The van der Waals surface area contributed by atoms with Gasteiger partial charge in [-0.2, -0.15) is 0 Å². The number of anilines is 1. The van der Waals surface area contributed by atoms with E-state index in [4.69, 9.17) is 0 Å². The number of aromatic nitrogens is 1. The van der Waals surface area contributed by atoms with Gasteiger partial charge in [0.1, 0.15) is 5.69 Å². The second-order valence-corrected chi connectivity index (χ2v) is 5.42. The van der Waals surface area contributed by atoms with Gasteiger partial charge in [-0.25, -0.2) is 0 Å². The molecule has 0 aromatic carbocycles. The molecule has 0 fully saturated rings. The number of rotatable bonds is 5. The summed E-state index contributed by atoms with van der Waals surface area (Å²) in [5.41, 5.74) is 1.39. The van der Waals surface area contributed by atoms with Crippen LogP contribution in [0.5, 0.6) is 0 Å². The summed E-state index contributed by atoms with van der Waals surface area (Å²) in [6.07, 6.45) is 2.64. The van der Waals surface area contributed by atoms with Gasteiger partial charge in [0.25, 0.3) is 5.91 Å². The first-order valence-corrected chi connectivity index (χ1v) is 6.99. The van der Waals surface area contributed by atoms with E-state index in [9.17, 15) is 4.79 Å². The Balaban J connectivity index is 1.93. The highest BCUT2D eigenvalue weighted by molar-refractivity contribution is 7.09. The normalized spacial score (nSPS) is 10.2. The van der Waals surface area contributed by atoms with Gasteiger partial charge in [0.05, 0.1) is 0 Å². The van der Waals surface area contributed by atoms with Crippen LogP contribution in [0.15, 0.2) is 35.8 Å². The quantitative estimate of drug-likeness (QED) is 0.912. The molecule has 19 heavy (non-hydrogen) atoms. The minimum absolute atomic E-state index is 0.0816.